The third-order valence-corrected chi connectivity index (χ3v) is 16.9. The summed E-state index contributed by atoms with van der Waals surface area (Å²) < 4.78 is 31.1. The van der Waals surface area contributed by atoms with Crippen LogP contribution >= 0.6 is 0 Å². The minimum Gasteiger partial charge on any atom is -0.460 e. The number of fused-ring (bicyclic) bond motifs is 4. The molecule has 8 fully saturated rings. The summed E-state index contributed by atoms with van der Waals surface area (Å²) in [5.74, 6) is 1.61. The quantitative estimate of drug-likeness (QED) is 0.311. The van der Waals surface area contributed by atoms with Crippen LogP contribution in [0.3, 0.4) is 0 Å². The van der Waals surface area contributed by atoms with Crippen LogP contribution in [0.25, 0.3) is 0 Å². The number of rotatable bonds is 6. The van der Waals surface area contributed by atoms with Gasteiger partial charge in [-0.2, -0.15) is 0 Å². The molecule has 2 spiro atoms. The summed E-state index contributed by atoms with van der Waals surface area (Å²) >= 11 is 0. The number of aliphatic hydroxyl groups is 1. The predicted octanol–water partition coefficient (Wildman–Crippen LogP) is 6.42. The smallest absolute Gasteiger partial charge is 0.410 e. The molecule has 10 nitrogen and oxygen atoms in total. The molecule has 0 radical (unpaired) electrons. The maximum absolute atomic E-state index is 12.4. The van der Waals surface area contributed by atoms with E-state index in [1.807, 2.05) is 32.6 Å². The van der Waals surface area contributed by atoms with Gasteiger partial charge in [0.2, 0.25) is 0 Å². The van der Waals surface area contributed by atoms with Crippen molar-refractivity contribution in [3.8, 4) is 0 Å². The fourth-order valence-corrected chi connectivity index (χ4v) is 14.3. The molecule has 0 aromatic rings. The minimum absolute atomic E-state index is 0.0345. The van der Waals surface area contributed by atoms with Crippen LogP contribution in [0.4, 0.5) is 4.79 Å². The standard InChI is InChI=1S/C42H68N2O8/c1-25(49-26(2)45)29-11-10-28-34(50-29)35(46)40(9)31-13-12-30-38(6,7)32(14-15-41(30)24-42(31,41)17-16-39(28,40)8)51-33-23-43(18-19-48-33)20-27-21-44(22-27)36(47)52-37(3,4)5/h25,27-35,46H,10-24H2,1-9H3/t25-,28?,29-,30+,31+,32+,33+,34+,35+,39-,40-,41-,42+/m1/s1. The lowest BCUT2D eigenvalue weighted by molar-refractivity contribution is -0.249. The van der Waals surface area contributed by atoms with Gasteiger partial charge in [-0.15, -0.1) is 0 Å². The highest BCUT2D eigenvalue weighted by atomic mass is 16.7. The minimum atomic E-state index is -0.509. The largest absolute Gasteiger partial charge is 0.460 e. The predicted molar refractivity (Wildman–Crippen MR) is 195 cm³/mol. The summed E-state index contributed by atoms with van der Waals surface area (Å²) in [6.45, 7) is 23.8. The first-order chi connectivity index (χ1) is 24.3. The van der Waals surface area contributed by atoms with Crippen LogP contribution in [0, 0.1) is 50.7 Å². The van der Waals surface area contributed by atoms with Crippen LogP contribution in [-0.2, 0) is 28.5 Å². The van der Waals surface area contributed by atoms with Crippen molar-refractivity contribution in [2.75, 3.05) is 39.3 Å². The van der Waals surface area contributed by atoms with Crippen LogP contribution in [0.1, 0.15) is 120 Å². The van der Waals surface area contributed by atoms with Crippen molar-refractivity contribution >= 4 is 12.1 Å². The number of carbonyl (C=O) groups excluding carboxylic acids is 2. The van der Waals surface area contributed by atoms with Crippen molar-refractivity contribution in [2.45, 2.75) is 163 Å². The van der Waals surface area contributed by atoms with Crippen molar-refractivity contribution in [1.82, 2.24) is 9.80 Å². The summed E-state index contributed by atoms with van der Waals surface area (Å²) in [6, 6.07) is 0. The normalized spacial score (nSPS) is 47.5. The molecule has 0 bridgehead atoms. The number of esters is 1. The summed E-state index contributed by atoms with van der Waals surface area (Å²) in [5.41, 5.74) is 0.0213. The van der Waals surface area contributed by atoms with Gasteiger partial charge in [-0.05, 0) is 125 Å². The maximum atomic E-state index is 12.4. The molecule has 3 heterocycles. The van der Waals surface area contributed by atoms with Gasteiger partial charge >= 0.3 is 12.1 Å². The summed E-state index contributed by atoms with van der Waals surface area (Å²) in [5, 5.41) is 12.4. The van der Waals surface area contributed by atoms with Crippen molar-refractivity contribution < 1.29 is 38.4 Å². The number of likely N-dealkylation sites (tertiary alicyclic amines) is 1. The van der Waals surface area contributed by atoms with E-state index in [4.69, 9.17) is 23.7 Å². The number of morpholine rings is 1. The highest BCUT2D eigenvalue weighted by molar-refractivity contribution is 5.69. The molecule has 52 heavy (non-hydrogen) atoms. The highest BCUT2D eigenvalue weighted by Gasteiger charge is 2.84. The topological polar surface area (TPSA) is 107 Å². The lowest BCUT2D eigenvalue weighted by atomic mass is 9.41. The van der Waals surface area contributed by atoms with Crippen molar-refractivity contribution in [1.29, 1.82) is 0 Å². The molecule has 8 aliphatic rings. The monoisotopic (exact) mass is 728 g/mol. The Hall–Kier alpha value is -1.46. The molecule has 3 saturated heterocycles. The average Bonchev–Trinajstić information content (AvgIpc) is 3.68. The summed E-state index contributed by atoms with van der Waals surface area (Å²) in [7, 11) is 0. The second-order valence-electron chi connectivity index (χ2n) is 20.8. The Bertz CT molecular complexity index is 1410. The molecule has 10 heteroatoms. The number of amides is 1. The third-order valence-electron chi connectivity index (χ3n) is 16.9. The first-order valence-corrected chi connectivity index (χ1v) is 20.8. The molecule has 5 aliphatic carbocycles. The van der Waals surface area contributed by atoms with Gasteiger partial charge in [0.25, 0.3) is 0 Å². The van der Waals surface area contributed by atoms with Crippen molar-refractivity contribution in [3.63, 3.8) is 0 Å². The zero-order valence-corrected chi connectivity index (χ0v) is 33.6. The van der Waals surface area contributed by atoms with Gasteiger partial charge in [0.05, 0.1) is 31.0 Å². The molecule has 294 valence electrons. The van der Waals surface area contributed by atoms with Crippen molar-refractivity contribution in [2.24, 2.45) is 50.7 Å². The number of ether oxygens (including phenoxy) is 5. The Kier molecular flexibility index (Phi) is 9.02. The average molecular weight is 729 g/mol. The number of carbonyl (C=O) groups is 2. The zero-order chi connectivity index (χ0) is 37.2. The number of aliphatic hydroxyl groups excluding tert-OH is 1. The Balaban J connectivity index is 0.910. The van der Waals surface area contributed by atoms with Gasteiger partial charge in [0.15, 0.2) is 6.29 Å². The lowest BCUT2D eigenvalue weighted by Gasteiger charge is -2.63. The number of hydrogen-bond donors (Lipinski definition) is 1. The summed E-state index contributed by atoms with van der Waals surface area (Å²) in [6.07, 6.45) is 8.78. The number of hydrogen-bond acceptors (Lipinski definition) is 9. The van der Waals surface area contributed by atoms with Gasteiger partial charge in [-0.1, -0.05) is 27.7 Å². The maximum Gasteiger partial charge on any atom is 0.410 e. The fraction of sp³-hybridized carbons (Fsp3) is 0.952. The Morgan fingerprint density at radius 3 is 2.37 bits per heavy atom. The SMILES string of the molecule is CC(=O)O[C@H](C)[C@H]1CCC2[C@H](O1)[C@H](O)[C@@]1(C)[C@@H]3CC[C@H]4C(C)(C)[C@@H](O[C@H]5CN(CC6CN(C(=O)OC(C)(C)C)C6)CCO5)CC[C@@]45C[C@@]35CC[C@]21C. The zero-order valence-electron chi connectivity index (χ0n) is 33.6. The van der Waals surface area contributed by atoms with E-state index in [2.05, 4.69) is 32.6 Å². The van der Waals surface area contributed by atoms with Gasteiger partial charge in [0.1, 0.15) is 11.7 Å². The third kappa shape index (κ3) is 5.55. The first kappa shape index (κ1) is 37.5. The van der Waals surface area contributed by atoms with Crippen LogP contribution in [0.2, 0.25) is 0 Å². The van der Waals surface area contributed by atoms with Gasteiger partial charge in [-0.3, -0.25) is 9.69 Å². The van der Waals surface area contributed by atoms with Crippen LogP contribution in [-0.4, -0.2) is 109 Å². The van der Waals surface area contributed by atoms with E-state index in [1.165, 1.54) is 32.6 Å². The van der Waals surface area contributed by atoms with E-state index in [1.54, 1.807) is 0 Å². The van der Waals surface area contributed by atoms with Crippen LogP contribution in [0.5, 0.6) is 0 Å². The molecule has 8 rings (SSSR count). The van der Waals surface area contributed by atoms with Gasteiger partial charge in [0, 0.05) is 51.0 Å². The second-order valence-corrected chi connectivity index (χ2v) is 20.8. The van der Waals surface area contributed by atoms with E-state index in [0.29, 0.717) is 41.1 Å². The summed E-state index contributed by atoms with van der Waals surface area (Å²) in [4.78, 5) is 28.5. The van der Waals surface area contributed by atoms with E-state index in [9.17, 15) is 14.7 Å². The molecule has 1 amide bonds. The van der Waals surface area contributed by atoms with Crippen molar-refractivity contribution in [3.05, 3.63) is 0 Å². The molecule has 5 saturated carbocycles. The Morgan fingerprint density at radius 1 is 0.942 bits per heavy atom. The second kappa shape index (κ2) is 12.5. The molecular weight excluding hydrogens is 660 g/mol. The lowest BCUT2D eigenvalue weighted by Crippen LogP contribution is -2.60. The molecule has 0 aromatic carbocycles. The highest BCUT2D eigenvalue weighted by Crippen LogP contribution is 2.89. The van der Waals surface area contributed by atoms with Gasteiger partial charge in [-0.25, -0.2) is 4.79 Å². The first-order valence-electron chi connectivity index (χ1n) is 20.8. The molecular formula is C42H68N2O8. The van der Waals surface area contributed by atoms with E-state index in [0.717, 1.165) is 64.8 Å². The fourth-order valence-electron chi connectivity index (χ4n) is 14.3. The van der Waals surface area contributed by atoms with Crippen LogP contribution < -0.4 is 0 Å². The van der Waals surface area contributed by atoms with Gasteiger partial charge < -0.3 is 33.7 Å². The molecule has 1 N–H and O–H groups in total. The van der Waals surface area contributed by atoms with Crippen LogP contribution in [0.15, 0.2) is 0 Å². The molecule has 1 unspecified atom stereocenters. The van der Waals surface area contributed by atoms with E-state index in [-0.39, 0.29) is 59.0 Å². The molecule has 0 aromatic heterocycles. The van der Waals surface area contributed by atoms with E-state index >= 15 is 0 Å². The molecule has 3 aliphatic heterocycles. The van der Waals surface area contributed by atoms with E-state index < -0.39 is 11.7 Å². The number of nitrogens with zero attached hydrogens (tertiary/aromatic N) is 2. The Labute approximate surface area is 312 Å². The Morgan fingerprint density at radius 2 is 1.65 bits per heavy atom. The molecule has 13 atom stereocenters.